The molecule has 0 spiro atoms. The number of nitrogens with zero attached hydrogens (tertiary/aromatic N) is 1. The SMILES string of the molecule is CC1(C)c2cc(N(c3ccc(C4CCCCC4)cc3)c3ccc(C4CC5CCC4CC5)cc3)c(-c3ccccc3)cc2-c2c(-c3ccccc3)cccc21. The zero-order valence-electron chi connectivity index (χ0n) is 32.1. The van der Waals surface area contributed by atoms with Crippen LogP contribution in [-0.4, -0.2) is 0 Å². The van der Waals surface area contributed by atoms with Gasteiger partial charge in [-0.25, -0.2) is 0 Å². The molecule has 0 saturated heterocycles. The lowest BCUT2D eigenvalue weighted by molar-refractivity contribution is 0.145. The zero-order valence-corrected chi connectivity index (χ0v) is 32.1. The van der Waals surface area contributed by atoms with E-state index in [4.69, 9.17) is 0 Å². The summed E-state index contributed by atoms with van der Waals surface area (Å²) in [6, 6.07) is 53.6. The Labute approximate surface area is 323 Å². The molecule has 0 aromatic heterocycles. The van der Waals surface area contributed by atoms with Crippen LogP contribution in [0, 0.1) is 11.8 Å². The highest BCUT2D eigenvalue weighted by molar-refractivity contribution is 5.98. The number of fused-ring (bicyclic) bond motifs is 6. The van der Waals surface area contributed by atoms with Crippen molar-refractivity contribution in [3.05, 3.63) is 162 Å². The number of anilines is 3. The molecule has 1 nitrogen and oxygen atoms in total. The third-order valence-electron chi connectivity index (χ3n) is 14.1. The van der Waals surface area contributed by atoms with Gasteiger partial charge in [-0.1, -0.05) is 149 Å². The second-order valence-electron chi connectivity index (χ2n) is 17.5. The molecule has 2 bridgehead atoms. The molecule has 0 amide bonds. The van der Waals surface area contributed by atoms with E-state index in [2.05, 4.69) is 158 Å². The van der Waals surface area contributed by atoms with Crippen LogP contribution in [0.4, 0.5) is 17.1 Å². The molecule has 0 heterocycles. The van der Waals surface area contributed by atoms with Gasteiger partial charge in [-0.05, 0) is 142 Å². The van der Waals surface area contributed by atoms with Crippen LogP contribution in [0.2, 0.25) is 0 Å². The molecular formula is C53H53N. The summed E-state index contributed by atoms with van der Waals surface area (Å²) in [5.74, 6) is 3.18. The van der Waals surface area contributed by atoms with Crippen molar-refractivity contribution in [3.63, 3.8) is 0 Å². The van der Waals surface area contributed by atoms with E-state index >= 15 is 0 Å². The van der Waals surface area contributed by atoms with Crippen LogP contribution in [0.25, 0.3) is 33.4 Å². The summed E-state index contributed by atoms with van der Waals surface area (Å²) in [5.41, 5.74) is 17.2. The van der Waals surface area contributed by atoms with Crippen molar-refractivity contribution < 1.29 is 0 Å². The monoisotopic (exact) mass is 703 g/mol. The molecule has 1 atom stereocenters. The highest BCUT2D eigenvalue weighted by Crippen LogP contribution is 2.56. The Morgan fingerprint density at radius 3 is 1.72 bits per heavy atom. The molecule has 5 aliphatic rings. The predicted octanol–water partition coefficient (Wildman–Crippen LogP) is 15.1. The summed E-state index contributed by atoms with van der Waals surface area (Å²) in [7, 11) is 0. The van der Waals surface area contributed by atoms with Crippen LogP contribution in [-0.2, 0) is 5.41 Å². The van der Waals surface area contributed by atoms with Gasteiger partial charge in [-0.3, -0.25) is 0 Å². The van der Waals surface area contributed by atoms with E-state index in [1.165, 1.54) is 131 Å². The van der Waals surface area contributed by atoms with E-state index in [9.17, 15) is 0 Å². The number of hydrogen-bond donors (Lipinski definition) is 0. The second-order valence-corrected chi connectivity index (χ2v) is 17.5. The van der Waals surface area contributed by atoms with Gasteiger partial charge in [0, 0.05) is 22.4 Å². The van der Waals surface area contributed by atoms with Crippen molar-refractivity contribution in [2.45, 2.75) is 95.3 Å². The number of benzene rings is 6. The first-order valence-corrected chi connectivity index (χ1v) is 21.0. The average Bonchev–Trinajstić information content (AvgIpc) is 3.47. The molecule has 4 saturated carbocycles. The van der Waals surface area contributed by atoms with Gasteiger partial charge >= 0.3 is 0 Å². The molecule has 5 aliphatic carbocycles. The van der Waals surface area contributed by atoms with Crippen molar-refractivity contribution in [1.29, 1.82) is 0 Å². The minimum atomic E-state index is -0.153. The third-order valence-corrected chi connectivity index (χ3v) is 14.1. The first-order valence-electron chi connectivity index (χ1n) is 21.0. The fourth-order valence-corrected chi connectivity index (χ4v) is 11.1. The molecule has 0 N–H and O–H groups in total. The molecule has 270 valence electrons. The Balaban J connectivity index is 1.16. The van der Waals surface area contributed by atoms with Crippen LogP contribution in [0.1, 0.15) is 112 Å². The van der Waals surface area contributed by atoms with Gasteiger partial charge in [0.25, 0.3) is 0 Å². The smallest absolute Gasteiger partial charge is 0.0543 e. The topological polar surface area (TPSA) is 3.24 Å². The van der Waals surface area contributed by atoms with Crippen LogP contribution in [0.5, 0.6) is 0 Å². The van der Waals surface area contributed by atoms with Crippen LogP contribution in [0.3, 0.4) is 0 Å². The average molecular weight is 704 g/mol. The van der Waals surface area contributed by atoms with E-state index in [0.29, 0.717) is 11.8 Å². The maximum atomic E-state index is 2.57. The molecule has 11 rings (SSSR count). The van der Waals surface area contributed by atoms with Crippen molar-refractivity contribution in [3.8, 4) is 33.4 Å². The lowest BCUT2D eigenvalue weighted by Crippen LogP contribution is -2.29. The standard InChI is InChI=1S/C53H53N/c1-53(2)49-20-12-19-45(39-15-8-4-9-16-39)52(49)48-34-47(40-17-10-5-11-18-40)51(35-50(48)53)54(43-29-25-38(26-30-43)37-13-6-3-7-14-37)44-31-27-42(28-32-44)46-33-36-21-23-41(46)24-22-36/h4-5,8-12,15-20,25-32,34-37,41,46H,3,6-7,13-14,21-24,33H2,1-2H3. The Kier molecular flexibility index (Phi) is 8.58. The Hall–Kier alpha value is -4.88. The number of hydrogen-bond acceptors (Lipinski definition) is 1. The van der Waals surface area contributed by atoms with Gasteiger partial charge in [-0.2, -0.15) is 0 Å². The van der Waals surface area contributed by atoms with Crippen molar-refractivity contribution in [1.82, 2.24) is 0 Å². The van der Waals surface area contributed by atoms with Gasteiger partial charge in [-0.15, -0.1) is 0 Å². The predicted molar refractivity (Wildman–Crippen MR) is 228 cm³/mol. The maximum absolute atomic E-state index is 2.57. The normalized spacial score (nSPS) is 21.4. The lowest BCUT2D eigenvalue weighted by atomic mass is 9.63. The first-order chi connectivity index (χ1) is 26.5. The summed E-state index contributed by atoms with van der Waals surface area (Å²) in [5, 5.41) is 0. The lowest BCUT2D eigenvalue weighted by Gasteiger charge is -2.42. The number of rotatable bonds is 7. The summed E-state index contributed by atoms with van der Waals surface area (Å²) in [4.78, 5) is 2.57. The molecule has 4 fully saturated rings. The molecule has 54 heavy (non-hydrogen) atoms. The van der Waals surface area contributed by atoms with E-state index in [-0.39, 0.29) is 5.41 Å². The van der Waals surface area contributed by atoms with E-state index in [1.807, 2.05) is 0 Å². The highest BCUT2D eigenvalue weighted by Gasteiger charge is 2.39. The molecule has 1 heteroatoms. The fourth-order valence-electron chi connectivity index (χ4n) is 11.1. The fraction of sp³-hybridized carbons (Fsp3) is 0.321. The van der Waals surface area contributed by atoms with Gasteiger partial charge in [0.2, 0.25) is 0 Å². The molecule has 6 aromatic rings. The van der Waals surface area contributed by atoms with Crippen molar-refractivity contribution in [2.75, 3.05) is 4.90 Å². The molecule has 0 radical (unpaired) electrons. The summed E-state index contributed by atoms with van der Waals surface area (Å²) in [6.45, 7) is 4.85. The third kappa shape index (κ3) is 5.83. The van der Waals surface area contributed by atoms with Crippen molar-refractivity contribution in [2.24, 2.45) is 11.8 Å². The molecule has 1 unspecified atom stereocenters. The first kappa shape index (κ1) is 33.7. The largest absolute Gasteiger partial charge is 0.310 e. The van der Waals surface area contributed by atoms with Crippen LogP contribution in [0.15, 0.2) is 140 Å². The Bertz CT molecular complexity index is 2250. The highest BCUT2D eigenvalue weighted by atomic mass is 15.1. The quantitative estimate of drug-likeness (QED) is 0.160. The summed E-state index contributed by atoms with van der Waals surface area (Å²) >= 11 is 0. The van der Waals surface area contributed by atoms with Gasteiger partial charge in [0.05, 0.1) is 5.69 Å². The van der Waals surface area contributed by atoms with Gasteiger partial charge < -0.3 is 4.90 Å². The molecule has 6 aromatic carbocycles. The van der Waals surface area contributed by atoms with Crippen LogP contribution < -0.4 is 4.90 Å². The summed E-state index contributed by atoms with van der Waals surface area (Å²) in [6.07, 6.45) is 13.8. The Morgan fingerprint density at radius 1 is 0.500 bits per heavy atom. The minimum Gasteiger partial charge on any atom is -0.310 e. The summed E-state index contributed by atoms with van der Waals surface area (Å²) < 4.78 is 0. The van der Waals surface area contributed by atoms with E-state index in [0.717, 1.165) is 11.8 Å². The van der Waals surface area contributed by atoms with E-state index in [1.54, 1.807) is 5.56 Å². The van der Waals surface area contributed by atoms with E-state index < -0.39 is 0 Å². The van der Waals surface area contributed by atoms with Crippen LogP contribution >= 0.6 is 0 Å². The minimum absolute atomic E-state index is 0.153. The second kappa shape index (κ2) is 13.8. The molecule has 0 aliphatic heterocycles. The van der Waals surface area contributed by atoms with Gasteiger partial charge in [0.1, 0.15) is 0 Å². The zero-order chi connectivity index (χ0) is 36.2. The Morgan fingerprint density at radius 2 is 1.11 bits per heavy atom. The van der Waals surface area contributed by atoms with Gasteiger partial charge in [0.15, 0.2) is 0 Å². The maximum Gasteiger partial charge on any atom is 0.0543 e. The van der Waals surface area contributed by atoms with Crippen molar-refractivity contribution >= 4 is 17.1 Å². The molecular weight excluding hydrogens is 651 g/mol.